The second kappa shape index (κ2) is 9.48. The van der Waals surface area contributed by atoms with Crippen molar-refractivity contribution in [1.82, 2.24) is 9.62 Å². The van der Waals surface area contributed by atoms with E-state index < -0.39 is 15.6 Å². The summed E-state index contributed by atoms with van der Waals surface area (Å²) in [5.41, 5.74) is 1.19. The molecule has 0 spiro atoms. The number of rotatable bonds is 6. The second-order valence-corrected chi connectivity index (χ2v) is 10.6. The summed E-state index contributed by atoms with van der Waals surface area (Å²) in [7, 11) is -0.396. The Morgan fingerprint density at radius 3 is 2.31 bits per heavy atom. The maximum Gasteiger partial charge on any atom is 0.255 e. The summed E-state index contributed by atoms with van der Waals surface area (Å²) in [5, 5.41) is 2.95. The first-order chi connectivity index (χ1) is 15.0. The predicted molar refractivity (Wildman–Crippen MR) is 127 cm³/mol. The molecule has 0 bridgehead atoms. The van der Waals surface area contributed by atoms with Gasteiger partial charge < -0.3 is 19.9 Å². The molecular weight excluding hydrogens is 428 g/mol. The summed E-state index contributed by atoms with van der Waals surface area (Å²) >= 11 is 0. The lowest BCUT2D eigenvalue weighted by Gasteiger charge is -2.35. The first-order valence-electron chi connectivity index (χ1n) is 10.6. The number of para-hydroxylation sites is 2. The zero-order valence-electron chi connectivity index (χ0n) is 19.3. The monoisotopic (exact) mass is 460 g/mol. The van der Waals surface area contributed by atoms with Crippen molar-refractivity contribution >= 4 is 27.3 Å². The Balaban J connectivity index is 1.88. The van der Waals surface area contributed by atoms with Crippen molar-refractivity contribution in [1.29, 1.82) is 0 Å². The molecule has 2 N–H and O–H groups in total. The van der Waals surface area contributed by atoms with Crippen LogP contribution in [0.1, 0.15) is 31.1 Å². The first kappa shape index (κ1) is 24.0. The zero-order valence-corrected chi connectivity index (χ0v) is 20.1. The van der Waals surface area contributed by atoms with Gasteiger partial charge in [0, 0.05) is 37.3 Å². The number of ether oxygens (including phenoxy) is 1. The number of sulfonamides is 1. The van der Waals surface area contributed by atoms with Gasteiger partial charge in [-0.2, -0.15) is 0 Å². The Morgan fingerprint density at radius 1 is 1.03 bits per heavy atom. The molecule has 0 aliphatic carbocycles. The molecule has 1 aliphatic heterocycles. The topological polar surface area (TPSA) is 91.0 Å². The highest BCUT2D eigenvalue weighted by molar-refractivity contribution is 7.89. The van der Waals surface area contributed by atoms with Gasteiger partial charge in [-0.3, -0.25) is 4.79 Å². The molecule has 0 unspecified atom stereocenters. The van der Waals surface area contributed by atoms with Crippen LogP contribution < -0.4 is 19.7 Å². The normalized spacial score (nSPS) is 15.5. The number of carbonyl (C=O) groups is 1. The number of piperazine rings is 1. The molecule has 32 heavy (non-hydrogen) atoms. The van der Waals surface area contributed by atoms with Crippen molar-refractivity contribution < 1.29 is 17.9 Å². The fourth-order valence-electron chi connectivity index (χ4n) is 3.58. The number of carbonyl (C=O) groups excluding carboxylic acids is 1. The van der Waals surface area contributed by atoms with Crippen molar-refractivity contribution in [2.75, 3.05) is 50.6 Å². The van der Waals surface area contributed by atoms with Crippen molar-refractivity contribution in [3.05, 3.63) is 48.0 Å². The lowest BCUT2D eigenvalue weighted by atomic mass is 10.1. The lowest BCUT2D eigenvalue weighted by Crippen LogP contribution is -2.44. The van der Waals surface area contributed by atoms with Crippen molar-refractivity contribution in [3.63, 3.8) is 0 Å². The molecule has 174 valence electrons. The van der Waals surface area contributed by atoms with Gasteiger partial charge in [-0.15, -0.1) is 0 Å². The van der Waals surface area contributed by atoms with Crippen molar-refractivity contribution in [2.45, 2.75) is 31.2 Å². The fourth-order valence-corrected chi connectivity index (χ4v) is 5.20. The second-order valence-electron chi connectivity index (χ2n) is 8.98. The summed E-state index contributed by atoms with van der Waals surface area (Å²) in [6, 6.07) is 12.1. The minimum absolute atomic E-state index is 0.0741. The van der Waals surface area contributed by atoms with E-state index in [0.29, 0.717) is 5.69 Å². The third kappa shape index (κ3) is 5.79. The van der Waals surface area contributed by atoms with Gasteiger partial charge in [-0.05, 0) is 58.2 Å². The molecule has 0 saturated carbocycles. The molecule has 1 fully saturated rings. The molecule has 1 amide bonds. The van der Waals surface area contributed by atoms with Crippen LogP contribution in [0, 0.1) is 0 Å². The van der Waals surface area contributed by atoms with E-state index in [1.165, 1.54) is 19.2 Å². The number of benzene rings is 2. The molecule has 0 radical (unpaired) electrons. The number of hydrogen-bond donors (Lipinski definition) is 2. The number of amides is 1. The molecule has 1 saturated heterocycles. The Hall–Kier alpha value is -2.62. The van der Waals surface area contributed by atoms with Gasteiger partial charge in [0.1, 0.15) is 10.6 Å². The summed E-state index contributed by atoms with van der Waals surface area (Å²) in [6.45, 7) is 8.89. The Kier molecular flexibility index (Phi) is 7.12. The number of methoxy groups -OCH3 is 1. The number of hydrogen-bond acceptors (Lipinski definition) is 6. The van der Waals surface area contributed by atoms with Gasteiger partial charge in [0.2, 0.25) is 10.0 Å². The van der Waals surface area contributed by atoms with E-state index >= 15 is 0 Å². The number of nitrogens with zero attached hydrogens (tertiary/aromatic N) is 2. The molecule has 3 rings (SSSR count). The maximum atomic E-state index is 13.1. The highest BCUT2D eigenvalue weighted by Crippen LogP contribution is 2.29. The zero-order chi connectivity index (χ0) is 23.5. The largest absolute Gasteiger partial charge is 0.495 e. The van der Waals surface area contributed by atoms with Crippen LogP contribution in [0.15, 0.2) is 47.4 Å². The van der Waals surface area contributed by atoms with Crippen molar-refractivity contribution in [3.8, 4) is 5.75 Å². The molecule has 8 nitrogen and oxygen atoms in total. The third-order valence-corrected chi connectivity index (χ3v) is 6.93. The Bertz CT molecular complexity index is 1070. The van der Waals surface area contributed by atoms with Crippen LogP contribution in [-0.4, -0.2) is 65.1 Å². The van der Waals surface area contributed by atoms with Crippen LogP contribution >= 0.6 is 0 Å². The average molecular weight is 461 g/mol. The molecule has 1 heterocycles. The van der Waals surface area contributed by atoms with E-state index in [4.69, 9.17) is 4.74 Å². The number of anilines is 2. The minimum atomic E-state index is -3.89. The average Bonchev–Trinajstić information content (AvgIpc) is 2.72. The molecule has 2 aromatic rings. The highest BCUT2D eigenvalue weighted by Gasteiger charge is 2.27. The van der Waals surface area contributed by atoms with E-state index in [-0.39, 0.29) is 22.1 Å². The highest BCUT2D eigenvalue weighted by atomic mass is 32.2. The van der Waals surface area contributed by atoms with E-state index in [0.717, 1.165) is 31.9 Å². The minimum Gasteiger partial charge on any atom is -0.495 e. The van der Waals surface area contributed by atoms with Gasteiger partial charge in [-0.1, -0.05) is 12.1 Å². The van der Waals surface area contributed by atoms with Gasteiger partial charge >= 0.3 is 0 Å². The third-order valence-electron chi connectivity index (χ3n) is 5.15. The van der Waals surface area contributed by atoms with Crippen molar-refractivity contribution in [2.24, 2.45) is 0 Å². The molecule has 1 aliphatic rings. The van der Waals surface area contributed by atoms with Gasteiger partial charge in [0.05, 0.1) is 18.5 Å². The van der Waals surface area contributed by atoms with Crippen LogP contribution in [0.5, 0.6) is 5.75 Å². The number of likely N-dealkylation sites (N-methyl/N-ethyl adjacent to an activating group) is 1. The van der Waals surface area contributed by atoms with E-state index in [9.17, 15) is 13.2 Å². The Morgan fingerprint density at radius 2 is 1.69 bits per heavy atom. The van der Waals surface area contributed by atoms with Crippen LogP contribution in [-0.2, 0) is 10.0 Å². The maximum absolute atomic E-state index is 13.1. The van der Waals surface area contributed by atoms with E-state index in [1.807, 2.05) is 24.3 Å². The van der Waals surface area contributed by atoms with E-state index in [1.54, 1.807) is 26.8 Å². The summed E-state index contributed by atoms with van der Waals surface area (Å²) in [4.78, 5) is 17.5. The molecule has 0 aromatic heterocycles. The SMILES string of the molecule is COc1ccc(C(=O)Nc2ccccc2N2CCN(C)CC2)cc1S(=O)(=O)NC(C)(C)C. The van der Waals surface area contributed by atoms with Gasteiger partial charge in [0.25, 0.3) is 5.91 Å². The Labute approximate surface area is 190 Å². The molecule has 0 atom stereocenters. The van der Waals surface area contributed by atoms with Gasteiger partial charge in [0.15, 0.2) is 0 Å². The fraction of sp³-hybridized carbons (Fsp3) is 0.435. The van der Waals surface area contributed by atoms with E-state index in [2.05, 4.69) is 26.9 Å². The molecule has 2 aromatic carbocycles. The van der Waals surface area contributed by atoms with Crippen LogP contribution in [0.25, 0.3) is 0 Å². The standard InChI is InChI=1S/C23H32N4O4S/c1-23(2,3)25-32(29,30)21-16-17(10-11-20(21)31-5)22(28)24-18-8-6-7-9-19(18)27-14-12-26(4)13-15-27/h6-11,16,25H,12-15H2,1-5H3,(H,24,28). The summed E-state index contributed by atoms with van der Waals surface area (Å²) in [6.07, 6.45) is 0. The van der Waals surface area contributed by atoms with Crippen LogP contribution in [0.3, 0.4) is 0 Å². The first-order valence-corrected chi connectivity index (χ1v) is 12.0. The number of nitrogens with one attached hydrogen (secondary N) is 2. The quantitative estimate of drug-likeness (QED) is 0.689. The van der Waals surface area contributed by atoms with Gasteiger partial charge in [-0.25, -0.2) is 13.1 Å². The molecular formula is C23H32N4O4S. The lowest BCUT2D eigenvalue weighted by molar-refractivity contribution is 0.102. The summed E-state index contributed by atoms with van der Waals surface area (Å²) < 4.78 is 33.7. The summed E-state index contributed by atoms with van der Waals surface area (Å²) in [5.74, 6) is -0.211. The predicted octanol–water partition coefficient (Wildman–Crippen LogP) is 2.78. The molecule has 9 heteroatoms. The van der Waals surface area contributed by atoms with Crippen LogP contribution in [0.2, 0.25) is 0 Å². The van der Waals surface area contributed by atoms with Crippen LogP contribution in [0.4, 0.5) is 11.4 Å². The smallest absolute Gasteiger partial charge is 0.255 e.